The Bertz CT molecular complexity index is 348. The number of unbranched alkanes of at least 4 members (excludes halogenated alkanes) is 3. The van der Waals surface area contributed by atoms with Crippen LogP contribution in [0.1, 0.15) is 44.5 Å². The van der Waals surface area contributed by atoms with Gasteiger partial charge >= 0.3 is 0 Å². The fourth-order valence-electron chi connectivity index (χ4n) is 2.13. The van der Waals surface area contributed by atoms with Gasteiger partial charge in [0.25, 0.3) is 0 Å². The zero-order chi connectivity index (χ0) is 12.6. The second-order valence-electron chi connectivity index (χ2n) is 4.69. The predicted molar refractivity (Wildman–Crippen MR) is 73.7 cm³/mol. The Balaban J connectivity index is 1.79. The summed E-state index contributed by atoms with van der Waals surface area (Å²) >= 11 is 0. The molecule has 0 amide bonds. The molecule has 18 heavy (non-hydrogen) atoms. The molecule has 0 atom stereocenters. The number of benzene rings is 1. The molecule has 0 aliphatic carbocycles. The first-order valence-corrected chi connectivity index (χ1v) is 6.97. The third-order valence-electron chi connectivity index (χ3n) is 3.14. The Morgan fingerprint density at radius 3 is 2.78 bits per heavy atom. The van der Waals surface area contributed by atoms with E-state index in [0.29, 0.717) is 13.2 Å². The minimum absolute atomic E-state index is 0.174. The number of hydrogen-bond donors (Lipinski definition) is 1. The molecular formula is C15H23NO2. The molecule has 100 valence electrons. The first-order chi connectivity index (χ1) is 8.90. The summed E-state index contributed by atoms with van der Waals surface area (Å²) in [4.78, 5) is 0. The third kappa shape index (κ3) is 4.00. The average Bonchev–Trinajstić information content (AvgIpc) is 2.93. The SMILES string of the molecule is CCCCCCNc1cccc(C2OCCO2)c1. The van der Waals surface area contributed by atoms with Crippen molar-refractivity contribution in [3.05, 3.63) is 29.8 Å². The van der Waals surface area contributed by atoms with Gasteiger partial charge in [0.15, 0.2) is 6.29 Å². The van der Waals surface area contributed by atoms with Gasteiger partial charge in [-0.2, -0.15) is 0 Å². The molecule has 1 heterocycles. The highest BCUT2D eigenvalue weighted by atomic mass is 16.7. The van der Waals surface area contributed by atoms with Gasteiger partial charge in [-0.15, -0.1) is 0 Å². The summed E-state index contributed by atoms with van der Waals surface area (Å²) in [7, 11) is 0. The largest absolute Gasteiger partial charge is 0.385 e. The topological polar surface area (TPSA) is 30.5 Å². The van der Waals surface area contributed by atoms with Crippen molar-refractivity contribution < 1.29 is 9.47 Å². The average molecular weight is 249 g/mol. The summed E-state index contributed by atoms with van der Waals surface area (Å²) < 4.78 is 11.0. The van der Waals surface area contributed by atoms with E-state index in [1.807, 2.05) is 0 Å². The molecule has 1 aliphatic heterocycles. The second kappa shape index (κ2) is 7.39. The van der Waals surface area contributed by atoms with Crippen molar-refractivity contribution in [2.75, 3.05) is 25.1 Å². The standard InChI is InChI=1S/C15H23NO2/c1-2-3-4-5-9-16-14-8-6-7-13(12-14)15-17-10-11-18-15/h6-8,12,15-16H,2-5,9-11H2,1H3. The molecular weight excluding hydrogens is 226 g/mol. The smallest absolute Gasteiger partial charge is 0.184 e. The maximum absolute atomic E-state index is 5.50. The predicted octanol–water partition coefficient (Wildman–Crippen LogP) is 3.72. The van der Waals surface area contributed by atoms with Gasteiger partial charge in [0.2, 0.25) is 0 Å². The molecule has 2 rings (SSSR count). The Morgan fingerprint density at radius 2 is 2.00 bits per heavy atom. The maximum atomic E-state index is 5.50. The summed E-state index contributed by atoms with van der Waals surface area (Å²) in [6.07, 6.45) is 4.97. The lowest BCUT2D eigenvalue weighted by Crippen LogP contribution is -2.03. The van der Waals surface area contributed by atoms with E-state index in [9.17, 15) is 0 Å². The molecule has 1 aromatic carbocycles. The first-order valence-electron chi connectivity index (χ1n) is 6.97. The van der Waals surface area contributed by atoms with Crippen LogP contribution in [0.4, 0.5) is 5.69 Å². The molecule has 0 saturated carbocycles. The molecule has 1 N–H and O–H groups in total. The summed E-state index contributed by atoms with van der Waals surface area (Å²) in [6, 6.07) is 8.32. The third-order valence-corrected chi connectivity index (χ3v) is 3.14. The highest BCUT2D eigenvalue weighted by Crippen LogP contribution is 2.25. The lowest BCUT2D eigenvalue weighted by Gasteiger charge is -2.12. The van der Waals surface area contributed by atoms with E-state index < -0.39 is 0 Å². The Morgan fingerprint density at radius 1 is 1.17 bits per heavy atom. The van der Waals surface area contributed by atoms with Crippen LogP contribution in [0.5, 0.6) is 0 Å². The van der Waals surface area contributed by atoms with E-state index in [0.717, 1.165) is 17.8 Å². The first kappa shape index (κ1) is 13.4. The van der Waals surface area contributed by atoms with Gasteiger partial charge < -0.3 is 14.8 Å². The molecule has 1 fully saturated rings. The van der Waals surface area contributed by atoms with Crippen LogP contribution in [0, 0.1) is 0 Å². The summed E-state index contributed by atoms with van der Waals surface area (Å²) in [5.74, 6) is 0. The zero-order valence-electron chi connectivity index (χ0n) is 11.2. The van der Waals surface area contributed by atoms with Crippen molar-refractivity contribution in [3.63, 3.8) is 0 Å². The van der Waals surface area contributed by atoms with E-state index in [-0.39, 0.29) is 6.29 Å². The summed E-state index contributed by atoms with van der Waals surface area (Å²) in [6.45, 7) is 4.66. The number of nitrogens with one attached hydrogen (secondary N) is 1. The lowest BCUT2D eigenvalue weighted by atomic mass is 10.1. The second-order valence-corrected chi connectivity index (χ2v) is 4.69. The van der Waals surface area contributed by atoms with Crippen LogP contribution in [-0.2, 0) is 9.47 Å². The van der Waals surface area contributed by atoms with Crippen LogP contribution in [0.2, 0.25) is 0 Å². The summed E-state index contributed by atoms with van der Waals surface area (Å²) in [5.41, 5.74) is 2.26. The quantitative estimate of drug-likeness (QED) is 0.747. The lowest BCUT2D eigenvalue weighted by molar-refractivity contribution is -0.0440. The fraction of sp³-hybridized carbons (Fsp3) is 0.600. The molecule has 3 heteroatoms. The summed E-state index contributed by atoms with van der Waals surface area (Å²) in [5, 5.41) is 3.46. The van der Waals surface area contributed by atoms with Crippen LogP contribution >= 0.6 is 0 Å². The Hall–Kier alpha value is -1.06. The van der Waals surface area contributed by atoms with Gasteiger partial charge in [0.05, 0.1) is 13.2 Å². The van der Waals surface area contributed by atoms with E-state index in [1.54, 1.807) is 0 Å². The molecule has 0 unspecified atom stereocenters. The highest BCUT2D eigenvalue weighted by molar-refractivity contribution is 5.46. The Labute approximate surface area is 109 Å². The van der Waals surface area contributed by atoms with Gasteiger partial charge in [0.1, 0.15) is 0 Å². The van der Waals surface area contributed by atoms with Crippen molar-refractivity contribution in [1.82, 2.24) is 0 Å². The van der Waals surface area contributed by atoms with Gasteiger partial charge in [-0.25, -0.2) is 0 Å². The molecule has 1 aliphatic rings. The highest BCUT2D eigenvalue weighted by Gasteiger charge is 2.17. The van der Waals surface area contributed by atoms with Gasteiger partial charge in [-0.1, -0.05) is 38.3 Å². The van der Waals surface area contributed by atoms with Crippen molar-refractivity contribution >= 4 is 5.69 Å². The van der Waals surface area contributed by atoms with E-state index in [1.165, 1.54) is 25.7 Å². The van der Waals surface area contributed by atoms with Crippen LogP contribution < -0.4 is 5.32 Å². The van der Waals surface area contributed by atoms with Crippen LogP contribution in [0.3, 0.4) is 0 Å². The van der Waals surface area contributed by atoms with E-state index >= 15 is 0 Å². The molecule has 0 aromatic heterocycles. The molecule has 3 nitrogen and oxygen atoms in total. The van der Waals surface area contributed by atoms with Crippen molar-refractivity contribution in [2.45, 2.75) is 38.9 Å². The van der Waals surface area contributed by atoms with Crippen molar-refractivity contribution in [2.24, 2.45) is 0 Å². The molecule has 1 saturated heterocycles. The van der Waals surface area contributed by atoms with E-state index in [4.69, 9.17) is 9.47 Å². The van der Waals surface area contributed by atoms with Gasteiger partial charge in [-0.05, 0) is 18.6 Å². The molecule has 0 bridgehead atoms. The van der Waals surface area contributed by atoms with Crippen LogP contribution in [0.25, 0.3) is 0 Å². The maximum Gasteiger partial charge on any atom is 0.184 e. The molecule has 0 spiro atoms. The van der Waals surface area contributed by atoms with Gasteiger partial charge in [-0.3, -0.25) is 0 Å². The number of anilines is 1. The van der Waals surface area contributed by atoms with E-state index in [2.05, 4.69) is 36.5 Å². The zero-order valence-corrected chi connectivity index (χ0v) is 11.2. The Kier molecular flexibility index (Phi) is 5.49. The number of rotatable bonds is 7. The van der Waals surface area contributed by atoms with Crippen molar-refractivity contribution in [1.29, 1.82) is 0 Å². The fourth-order valence-corrected chi connectivity index (χ4v) is 2.13. The van der Waals surface area contributed by atoms with Gasteiger partial charge in [0, 0.05) is 17.8 Å². The minimum atomic E-state index is -0.174. The van der Waals surface area contributed by atoms with Crippen LogP contribution in [0.15, 0.2) is 24.3 Å². The monoisotopic (exact) mass is 249 g/mol. The number of ether oxygens (including phenoxy) is 2. The normalized spacial score (nSPS) is 16.1. The molecule has 0 radical (unpaired) electrons. The minimum Gasteiger partial charge on any atom is -0.385 e. The number of hydrogen-bond acceptors (Lipinski definition) is 3. The molecule has 1 aromatic rings. The van der Waals surface area contributed by atoms with Crippen LogP contribution in [-0.4, -0.2) is 19.8 Å². The van der Waals surface area contributed by atoms with Crippen molar-refractivity contribution in [3.8, 4) is 0 Å².